The lowest BCUT2D eigenvalue weighted by atomic mass is 10.1. The van der Waals surface area contributed by atoms with E-state index in [0.717, 1.165) is 18.7 Å². The molecule has 5 nitrogen and oxygen atoms in total. The van der Waals surface area contributed by atoms with E-state index in [9.17, 15) is 4.79 Å². The van der Waals surface area contributed by atoms with Crippen LogP contribution in [0.15, 0.2) is 34.9 Å². The topological polar surface area (TPSA) is 67.2 Å². The summed E-state index contributed by atoms with van der Waals surface area (Å²) < 4.78 is 4.93. The number of nitrogens with zero attached hydrogens (tertiary/aromatic N) is 1. The van der Waals surface area contributed by atoms with Gasteiger partial charge in [0.15, 0.2) is 0 Å². The quantitative estimate of drug-likeness (QED) is 0.855. The highest BCUT2D eigenvalue weighted by molar-refractivity contribution is 6.02. The van der Waals surface area contributed by atoms with Crippen LogP contribution in [0.2, 0.25) is 0 Å². The first-order valence-electron chi connectivity index (χ1n) is 7.18. The van der Waals surface area contributed by atoms with Crippen LogP contribution in [0.5, 0.6) is 0 Å². The Morgan fingerprint density at radius 3 is 2.62 bits per heavy atom. The van der Waals surface area contributed by atoms with Crippen molar-refractivity contribution in [2.75, 3.05) is 11.9 Å². The van der Waals surface area contributed by atoms with Crippen molar-refractivity contribution < 1.29 is 9.32 Å². The van der Waals surface area contributed by atoms with Gasteiger partial charge in [-0.15, -0.1) is 0 Å². The molecular formula is C16H21N3O2. The van der Waals surface area contributed by atoms with Gasteiger partial charge < -0.3 is 15.2 Å². The van der Waals surface area contributed by atoms with Crippen molar-refractivity contribution in [2.45, 2.75) is 33.2 Å². The van der Waals surface area contributed by atoms with Gasteiger partial charge in [0, 0.05) is 17.8 Å². The standard InChI is InChI=1S/C16H21N3O2/c1-4-9-17-12(3)13-5-7-14(8-6-13)18-16(20)15-10-11(2)19-21-15/h5-8,10,12,17H,4,9H2,1-3H3,(H,18,20). The molecule has 0 radical (unpaired) electrons. The van der Waals surface area contributed by atoms with Gasteiger partial charge in [-0.1, -0.05) is 24.2 Å². The van der Waals surface area contributed by atoms with Crippen LogP contribution in [-0.4, -0.2) is 17.6 Å². The van der Waals surface area contributed by atoms with Crippen LogP contribution in [0, 0.1) is 6.92 Å². The second-order valence-electron chi connectivity index (χ2n) is 5.08. The normalized spacial score (nSPS) is 12.1. The molecule has 1 atom stereocenters. The van der Waals surface area contributed by atoms with Crippen molar-refractivity contribution in [1.82, 2.24) is 10.5 Å². The largest absolute Gasteiger partial charge is 0.351 e. The number of rotatable bonds is 6. The molecule has 0 fully saturated rings. The summed E-state index contributed by atoms with van der Waals surface area (Å²) in [5.74, 6) is -0.0740. The summed E-state index contributed by atoms with van der Waals surface area (Å²) in [5, 5.41) is 9.92. The number of nitrogens with one attached hydrogen (secondary N) is 2. The zero-order valence-electron chi connectivity index (χ0n) is 12.6. The summed E-state index contributed by atoms with van der Waals surface area (Å²) >= 11 is 0. The van der Waals surface area contributed by atoms with E-state index in [2.05, 4.69) is 29.6 Å². The third-order valence-electron chi connectivity index (χ3n) is 3.22. The molecule has 0 saturated heterocycles. The molecule has 0 aliphatic rings. The Morgan fingerprint density at radius 1 is 1.33 bits per heavy atom. The first kappa shape index (κ1) is 15.3. The Labute approximate surface area is 124 Å². The fourth-order valence-corrected chi connectivity index (χ4v) is 2.00. The van der Waals surface area contributed by atoms with Crippen LogP contribution in [0.4, 0.5) is 5.69 Å². The first-order valence-corrected chi connectivity index (χ1v) is 7.18. The number of carbonyl (C=O) groups is 1. The van der Waals surface area contributed by atoms with E-state index >= 15 is 0 Å². The number of benzene rings is 1. The summed E-state index contributed by atoms with van der Waals surface area (Å²) in [7, 11) is 0. The fraction of sp³-hybridized carbons (Fsp3) is 0.375. The zero-order valence-corrected chi connectivity index (χ0v) is 12.6. The molecule has 1 heterocycles. The van der Waals surface area contributed by atoms with Gasteiger partial charge in [-0.2, -0.15) is 0 Å². The molecule has 1 aromatic carbocycles. The predicted molar refractivity (Wildman–Crippen MR) is 82.3 cm³/mol. The third kappa shape index (κ3) is 4.16. The Morgan fingerprint density at radius 2 is 2.05 bits per heavy atom. The Hall–Kier alpha value is -2.14. The number of hydrogen-bond acceptors (Lipinski definition) is 4. The van der Waals surface area contributed by atoms with E-state index < -0.39 is 0 Å². The first-order chi connectivity index (χ1) is 10.1. The molecule has 1 aromatic heterocycles. The maximum Gasteiger partial charge on any atom is 0.294 e. The Bertz CT molecular complexity index is 590. The summed E-state index contributed by atoms with van der Waals surface area (Å²) in [6.07, 6.45) is 1.11. The molecule has 0 saturated carbocycles. The van der Waals surface area contributed by atoms with Crippen LogP contribution in [-0.2, 0) is 0 Å². The highest BCUT2D eigenvalue weighted by Gasteiger charge is 2.12. The molecule has 2 N–H and O–H groups in total. The van der Waals surface area contributed by atoms with E-state index in [0.29, 0.717) is 11.7 Å². The van der Waals surface area contributed by atoms with Crippen molar-refractivity contribution in [2.24, 2.45) is 0 Å². The van der Waals surface area contributed by atoms with Crippen molar-refractivity contribution >= 4 is 11.6 Å². The van der Waals surface area contributed by atoms with Gasteiger partial charge in [-0.3, -0.25) is 4.79 Å². The number of aromatic nitrogens is 1. The second kappa shape index (κ2) is 7.04. The summed E-state index contributed by atoms with van der Waals surface area (Å²) in [4.78, 5) is 11.9. The molecule has 5 heteroatoms. The van der Waals surface area contributed by atoms with Gasteiger partial charge in [-0.25, -0.2) is 0 Å². The molecule has 0 aliphatic heterocycles. The van der Waals surface area contributed by atoms with Crippen LogP contribution >= 0.6 is 0 Å². The molecule has 21 heavy (non-hydrogen) atoms. The average Bonchev–Trinajstić information content (AvgIpc) is 2.92. The second-order valence-corrected chi connectivity index (χ2v) is 5.08. The average molecular weight is 287 g/mol. The number of anilines is 1. The highest BCUT2D eigenvalue weighted by atomic mass is 16.5. The van der Waals surface area contributed by atoms with Crippen LogP contribution in [0.25, 0.3) is 0 Å². The summed E-state index contributed by atoms with van der Waals surface area (Å²) in [6.45, 7) is 7.04. The van der Waals surface area contributed by atoms with E-state index in [1.54, 1.807) is 13.0 Å². The van der Waals surface area contributed by atoms with Crippen molar-refractivity contribution in [3.8, 4) is 0 Å². The molecule has 1 amide bonds. The van der Waals surface area contributed by atoms with Crippen LogP contribution in [0.3, 0.4) is 0 Å². The molecule has 0 spiro atoms. The van der Waals surface area contributed by atoms with Crippen molar-refractivity contribution in [3.05, 3.63) is 47.3 Å². The number of amides is 1. The summed E-state index contributed by atoms with van der Waals surface area (Å²) in [6, 6.07) is 9.71. The molecule has 1 unspecified atom stereocenters. The maximum atomic E-state index is 11.9. The van der Waals surface area contributed by atoms with Gasteiger partial charge in [0.05, 0.1) is 5.69 Å². The van der Waals surface area contributed by atoms with Gasteiger partial charge in [0.25, 0.3) is 5.91 Å². The van der Waals surface area contributed by atoms with Crippen molar-refractivity contribution in [1.29, 1.82) is 0 Å². The minimum Gasteiger partial charge on any atom is -0.351 e. The van der Waals surface area contributed by atoms with Gasteiger partial charge in [0.2, 0.25) is 5.76 Å². The molecule has 112 valence electrons. The SMILES string of the molecule is CCCNC(C)c1ccc(NC(=O)c2cc(C)no2)cc1. The van der Waals surface area contributed by atoms with Crippen molar-refractivity contribution in [3.63, 3.8) is 0 Å². The highest BCUT2D eigenvalue weighted by Crippen LogP contribution is 2.17. The van der Waals surface area contributed by atoms with E-state index in [-0.39, 0.29) is 11.7 Å². The lowest BCUT2D eigenvalue weighted by molar-refractivity contribution is 0.0988. The van der Waals surface area contributed by atoms with Gasteiger partial charge >= 0.3 is 0 Å². The monoisotopic (exact) mass is 287 g/mol. The molecule has 2 aromatic rings. The van der Waals surface area contributed by atoms with Crippen LogP contribution in [0.1, 0.15) is 48.1 Å². The van der Waals surface area contributed by atoms with E-state index in [1.165, 1.54) is 5.56 Å². The van der Waals surface area contributed by atoms with Gasteiger partial charge in [-0.05, 0) is 44.5 Å². The third-order valence-corrected chi connectivity index (χ3v) is 3.22. The fourth-order valence-electron chi connectivity index (χ4n) is 2.00. The molecule has 0 aliphatic carbocycles. The lowest BCUT2D eigenvalue weighted by Gasteiger charge is -2.14. The number of aryl methyl sites for hydroxylation is 1. The van der Waals surface area contributed by atoms with E-state index in [4.69, 9.17) is 4.52 Å². The lowest BCUT2D eigenvalue weighted by Crippen LogP contribution is -2.19. The summed E-state index contributed by atoms with van der Waals surface area (Å²) in [5.41, 5.74) is 2.61. The van der Waals surface area contributed by atoms with Crippen LogP contribution < -0.4 is 10.6 Å². The van der Waals surface area contributed by atoms with E-state index in [1.807, 2.05) is 24.3 Å². The Balaban J connectivity index is 1.97. The minimum atomic E-state index is -0.291. The number of carbonyl (C=O) groups excluding carboxylic acids is 1. The minimum absolute atomic E-state index is 0.217. The smallest absolute Gasteiger partial charge is 0.294 e. The molecule has 0 bridgehead atoms. The zero-order chi connectivity index (χ0) is 15.2. The number of hydrogen-bond donors (Lipinski definition) is 2. The maximum absolute atomic E-state index is 11.9. The molecular weight excluding hydrogens is 266 g/mol. The predicted octanol–water partition coefficient (Wildman–Crippen LogP) is 3.30. The van der Waals surface area contributed by atoms with Gasteiger partial charge in [0.1, 0.15) is 0 Å². The molecule has 2 rings (SSSR count). The Kier molecular flexibility index (Phi) is 5.11.